The summed E-state index contributed by atoms with van der Waals surface area (Å²) >= 11 is 0. The molecule has 1 aliphatic rings. The van der Waals surface area contributed by atoms with E-state index < -0.39 is 0 Å². The maximum Gasteiger partial charge on any atom is 0.246 e. The van der Waals surface area contributed by atoms with Crippen LogP contribution in [0, 0.1) is 0 Å². The highest BCUT2D eigenvalue weighted by Crippen LogP contribution is 2.25. The molecule has 1 amide bonds. The largest absolute Gasteiger partial charge is 0.353 e. The quantitative estimate of drug-likeness (QED) is 0.546. The third-order valence-electron chi connectivity index (χ3n) is 5.25. The van der Waals surface area contributed by atoms with Gasteiger partial charge in [0.2, 0.25) is 5.91 Å². The summed E-state index contributed by atoms with van der Waals surface area (Å²) < 4.78 is 0. The van der Waals surface area contributed by atoms with Crippen LogP contribution in [0.2, 0.25) is 0 Å². The van der Waals surface area contributed by atoms with Gasteiger partial charge < -0.3 is 9.88 Å². The number of hydrogen-bond acceptors (Lipinski definition) is 2. The monoisotopic (exact) mass is 353 g/mol. The zero-order chi connectivity index (χ0) is 18.2. The van der Waals surface area contributed by atoms with Gasteiger partial charge in [-0.15, -0.1) is 0 Å². The summed E-state index contributed by atoms with van der Waals surface area (Å²) in [5.74, 6) is 0.0327. The highest BCUT2D eigenvalue weighted by atomic mass is 16.2. The number of carbonyl (C=O) groups is 1. The van der Waals surface area contributed by atoms with Crippen LogP contribution < -0.4 is 0 Å². The molecule has 4 heteroatoms. The van der Waals surface area contributed by atoms with Crippen molar-refractivity contribution in [3.63, 3.8) is 0 Å². The van der Waals surface area contributed by atoms with E-state index in [-0.39, 0.29) is 5.91 Å². The average molecular weight is 353 g/mol. The Kier molecular flexibility index (Phi) is 3.75. The van der Waals surface area contributed by atoms with Crippen LogP contribution in [0.3, 0.4) is 0 Å². The lowest BCUT2D eigenvalue weighted by molar-refractivity contribution is -0.126. The molecular weight excluding hydrogens is 334 g/mol. The number of fused-ring (bicyclic) bond motifs is 4. The maximum atomic E-state index is 12.6. The van der Waals surface area contributed by atoms with Crippen molar-refractivity contribution >= 4 is 33.8 Å². The molecule has 0 radical (unpaired) electrons. The number of pyridine rings is 1. The Balaban J connectivity index is 1.39. The first-order chi connectivity index (χ1) is 13.3. The normalized spacial score (nSPS) is 14.1. The number of para-hydroxylation sites is 1. The molecule has 27 heavy (non-hydrogen) atoms. The molecule has 0 fully saturated rings. The second kappa shape index (κ2) is 6.40. The van der Waals surface area contributed by atoms with Crippen LogP contribution in [0.1, 0.15) is 16.8 Å². The van der Waals surface area contributed by atoms with Gasteiger partial charge in [-0.2, -0.15) is 0 Å². The summed E-state index contributed by atoms with van der Waals surface area (Å²) in [7, 11) is 0. The number of benzene rings is 2. The second-order valence-electron chi connectivity index (χ2n) is 6.94. The first-order valence-electron chi connectivity index (χ1n) is 9.18. The van der Waals surface area contributed by atoms with Crippen molar-refractivity contribution in [1.82, 2.24) is 14.9 Å². The number of hydrogen-bond donors (Lipinski definition) is 1. The first-order valence-corrected chi connectivity index (χ1v) is 9.18. The number of nitrogens with one attached hydrogen (secondary N) is 1. The Bertz CT molecular complexity index is 1190. The van der Waals surface area contributed by atoms with E-state index in [4.69, 9.17) is 0 Å². The van der Waals surface area contributed by atoms with Gasteiger partial charge in [-0.05, 0) is 35.8 Å². The Morgan fingerprint density at radius 1 is 1.00 bits per heavy atom. The highest BCUT2D eigenvalue weighted by molar-refractivity contribution is 6.07. The molecule has 0 aliphatic carbocycles. The fraction of sp³-hybridized carbons (Fsp3) is 0.130. The molecule has 0 atom stereocenters. The van der Waals surface area contributed by atoms with Gasteiger partial charge in [0, 0.05) is 35.5 Å². The van der Waals surface area contributed by atoms with Gasteiger partial charge in [0.1, 0.15) is 0 Å². The molecule has 1 aliphatic heterocycles. The number of carbonyl (C=O) groups excluding carboxylic acids is 1. The van der Waals surface area contributed by atoms with Gasteiger partial charge in [0.15, 0.2) is 0 Å². The minimum atomic E-state index is 0.0327. The molecular formula is C23H19N3O. The summed E-state index contributed by atoms with van der Waals surface area (Å²) in [4.78, 5) is 22.3. The minimum Gasteiger partial charge on any atom is -0.353 e. The van der Waals surface area contributed by atoms with E-state index in [0.717, 1.165) is 35.1 Å². The van der Waals surface area contributed by atoms with Crippen LogP contribution in [-0.2, 0) is 17.8 Å². The van der Waals surface area contributed by atoms with Crippen molar-refractivity contribution in [2.45, 2.75) is 13.0 Å². The van der Waals surface area contributed by atoms with E-state index in [1.807, 2.05) is 41.4 Å². The predicted octanol–water partition coefficient (Wildman–Crippen LogP) is 4.31. The molecule has 4 nitrogen and oxygen atoms in total. The number of aromatic amines is 1. The average Bonchev–Trinajstić information content (AvgIpc) is 3.09. The summed E-state index contributed by atoms with van der Waals surface area (Å²) in [6.45, 7) is 1.43. The molecule has 132 valence electrons. The summed E-state index contributed by atoms with van der Waals surface area (Å²) in [6.07, 6.45) is 6.19. The van der Waals surface area contributed by atoms with E-state index in [0.29, 0.717) is 6.54 Å². The second-order valence-corrected chi connectivity index (χ2v) is 6.94. The summed E-state index contributed by atoms with van der Waals surface area (Å²) in [5, 5.41) is 2.29. The zero-order valence-electron chi connectivity index (χ0n) is 14.9. The maximum absolute atomic E-state index is 12.6. The van der Waals surface area contributed by atoms with E-state index in [9.17, 15) is 4.79 Å². The predicted molar refractivity (Wildman–Crippen MR) is 108 cm³/mol. The fourth-order valence-corrected chi connectivity index (χ4v) is 3.80. The van der Waals surface area contributed by atoms with Crippen molar-refractivity contribution in [2.75, 3.05) is 6.54 Å². The lowest BCUT2D eigenvalue weighted by atomic mass is 10.00. The van der Waals surface area contributed by atoms with Gasteiger partial charge in [0.25, 0.3) is 0 Å². The van der Waals surface area contributed by atoms with Crippen molar-refractivity contribution in [1.29, 1.82) is 0 Å². The van der Waals surface area contributed by atoms with Crippen LogP contribution in [0.5, 0.6) is 0 Å². The number of rotatable bonds is 2. The molecule has 1 N–H and O–H groups in total. The van der Waals surface area contributed by atoms with Crippen LogP contribution in [0.25, 0.3) is 27.9 Å². The Hall–Kier alpha value is -3.40. The van der Waals surface area contributed by atoms with Gasteiger partial charge in [0.05, 0.1) is 17.4 Å². The number of nitrogens with zero attached hydrogens (tertiary/aromatic N) is 2. The Labute approximate surface area is 157 Å². The number of aromatic nitrogens is 2. The van der Waals surface area contributed by atoms with E-state index in [2.05, 4.69) is 40.3 Å². The van der Waals surface area contributed by atoms with Crippen molar-refractivity contribution in [3.8, 4) is 0 Å². The van der Waals surface area contributed by atoms with E-state index in [1.165, 1.54) is 16.5 Å². The topological polar surface area (TPSA) is 49.0 Å². The fourth-order valence-electron chi connectivity index (χ4n) is 3.80. The highest BCUT2D eigenvalue weighted by Gasteiger charge is 2.18. The summed E-state index contributed by atoms with van der Waals surface area (Å²) in [6, 6.07) is 18.6. The third-order valence-corrected chi connectivity index (χ3v) is 5.25. The SMILES string of the molecule is O=C(/C=C/c1cc2c(cn1)[nH]c1ccccc12)N1CCc2ccccc2C1. The van der Waals surface area contributed by atoms with Gasteiger partial charge in [-0.3, -0.25) is 9.78 Å². The molecule has 0 saturated heterocycles. The number of H-pyrrole nitrogens is 1. The lowest BCUT2D eigenvalue weighted by Crippen LogP contribution is -2.34. The molecule has 0 bridgehead atoms. The molecule has 5 rings (SSSR count). The minimum absolute atomic E-state index is 0.0327. The Morgan fingerprint density at radius 2 is 1.81 bits per heavy atom. The smallest absolute Gasteiger partial charge is 0.246 e. The standard InChI is InChI=1S/C23H19N3O/c27-23(26-12-11-16-5-1-2-6-17(16)15-26)10-9-18-13-20-19-7-3-4-8-21(19)25-22(20)14-24-18/h1-10,13-14,25H,11-12,15H2/b10-9+. The molecule has 2 aromatic heterocycles. The lowest BCUT2D eigenvalue weighted by Gasteiger charge is -2.27. The van der Waals surface area contributed by atoms with Crippen molar-refractivity contribution in [2.24, 2.45) is 0 Å². The van der Waals surface area contributed by atoms with Gasteiger partial charge in [-0.1, -0.05) is 42.5 Å². The molecule has 0 spiro atoms. The van der Waals surface area contributed by atoms with Crippen molar-refractivity contribution in [3.05, 3.63) is 83.7 Å². The Morgan fingerprint density at radius 3 is 2.74 bits per heavy atom. The molecule has 4 aromatic rings. The van der Waals surface area contributed by atoms with Gasteiger partial charge in [-0.25, -0.2) is 0 Å². The molecule has 0 unspecified atom stereocenters. The molecule has 2 aromatic carbocycles. The van der Waals surface area contributed by atoms with Crippen LogP contribution >= 0.6 is 0 Å². The van der Waals surface area contributed by atoms with E-state index in [1.54, 1.807) is 6.08 Å². The van der Waals surface area contributed by atoms with E-state index >= 15 is 0 Å². The number of amides is 1. The van der Waals surface area contributed by atoms with Gasteiger partial charge >= 0.3 is 0 Å². The van der Waals surface area contributed by atoms with Crippen LogP contribution in [-0.4, -0.2) is 27.3 Å². The third kappa shape index (κ3) is 2.89. The van der Waals surface area contributed by atoms with Crippen molar-refractivity contribution < 1.29 is 4.79 Å². The first kappa shape index (κ1) is 15.8. The van der Waals surface area contributed by atoms with Crippen LogP contribution in [0.4, 0.5) is 0 Å². The zero-order valence-corrected chi connectivity index (χ0v) is 14.9. The summed E-state index contributed by atoms with van der Waals surface area (Å²) in [5.41, 5.74) is 5.48. The van der Waals surface area contributed by atoms with Crippen LogP contribution in [0.15, 0.2) is 66.9 Å². The molecule has 0 saturated carbocycles. The molecule has 3 heterocycles.